The summed E-state index contributed by atoms with van der Waals surface area (Å²) < 4.78 is 16.8. The zero-order chi connectivity index (χ0) is 47.2. The summed E-state index contributed by atoms with van der Waals surface area (Å²) in [6, 6.07) is 0. The highest BCUT2D eigenvalue weighted by Gasteiger charge is 2.19. The van der Waals surface area contributed by atoms with Gasteiger partial charge in [-0.2, -0.15) is 0 Å². The van der Waals surface area contributed by atoms with Gasteiger partial charge in [0, 0.05) is 19.3 Å². The van der Waals surface area contributed by atoms with Crippen LogP contribution in [0.5, 0.6) is 0 Å². The van der Waals surface area contributed by atoms with E-state index in [0.717, 1.165) is 83.5 Å². The molecule has 0 heterocycles. The van der Waals surface area contributed by atoms with Gasteiger partial charge in [-0.25, -0.2) is 0 Å². The van der Waals surface area contributed by atoms with Gasteiger partial charge in [-0.3, -0.25) is 14.4 Å². The van der Waals surface area contributed by atoms with Crippen LogP contribution in [0.4, 0.5) is 0 Å². The third-order valence-corrected chi connectivity index (χ3v) is 12.1. The van der Waals surface area contributed by atoms with Gasteiger partial charge in [0.15, 0.2) is 6.10 Å². The van der Waals surface area contributed by atoms with Crippen molar-refractivity contribution < 1.29 is 28.6 Å². The summed E-state index contributed by atoms with van der Waals surface area (Å²) in [4.78, 5) is 38.0. The van der Waals surface area contributed by atoms with Gasteiger partial charge < -0.3 is 14.2 Å². The molecule has 0 fully saturated rings. The number of carbonyl (C=O) groups excluding carboxylic acids is 3. The highest BCUT2D eigenvalue weighted by atomic mass is 16.6. The molecule has 0 saturated heterocycles. The molecule has 0 spiro atoms. The standard InChI is InChI=1S/C59H104O6/c1-4-7-10-13-16-19-22-24-26-28-30-32-33-35-37-40-43-46-49-52-58(61)64-55-56(54-63-57(60)51-48-45-42-39-21-18-15-12-9-6-3)65-59(62)53-50-47-44-41-38-36-34-31-29-27-25-23-20-17-14-11-8-5-2/h17,20,23,25,27-31,34,56H,4-16,18-19,21-22,24,26,32-33,35-55H2,1-3H3/b20-17-,25-23-,29-27-,30-28-,34-31-. The number of hydrogen-bond acceptors (Lipinski definition) is 6. The number of hydrogen-bond donors (Lipinski definition) is 0. The summed E-state index contributed by atoms with van der Waals surface area (Å²) in [5.41, 5.74) is 0. The molecule has 0 rings (SSSR count). The monoisotopic (exact) mass is 909 g/mol. The first-order valence-corrected chi connectivity index (χ1v) is 27.8. The Balaban J connectivity index is 4.37. The Morgan fingerprint density at radius 2 is 0.569 bits per heavy atom. The highest BCUT2D eigenvalue weighted by molar-refractivity contribution is 5.71. The molecule has 0 aromatic heterocycles. The van der Waals surface area contributed by atoms with E-state index in [9.17, 15) is 14.4 Å². The molecule has 0 aliphatic carbocycles. The van der Waals surface area contributed by atoms with E-state index in [0.29, 0.717) is 19.3 Å². The predicted molar refractivity (Wildman–Crippen MR) is 279 cm³/mol. The molecule has 1 atom stereocenters. The van der Waals surface area contributed by atoms with Gasteiger partial charge in [-0.05, 0) is 70.6 Å². The van der Waals surface area contributed by atoms with Crippen LogP contribution < -0.4 is 0 Å². The minimum absolute atomic E-state index is 0.0835. The average molecular weight is 909 g/mol. The summed E-state index contributed by atoms with van der Waals surface area (Å²) in [5.74, 6) is -0.904. The molecule has 0 radical (unpaired) electrons. The number of carbonyl (C=O) groups is 3. The van der Waals surface area contributed by atoms with E-state index < -0.39 is 6.10 Å². The molecule has 6 nitrogen and oxygen atoms in total. The molecule has 0 aromatic rings. The van der Waals surface area contributed by atoms with Crippen molar-refractivity contribution in [3.63, 3.8) is 0 Å². The Hall–Kier alpha value is -2.89. The second-order valence-electron chi connectivity index (χ2n) is 18.6. The Morgan fingerprint density at radius 3 is 0.938 bits per heavy atom. The van der Waals surface area contributed by atoms with Crippen molar-refractivity contribution in [2.24, 2.45) is 0 Å². The maximum atomic E-state index is 12.8. The number of rotatable bonds is 50. The molecule has 65 heavy (non-hydrogen) atoms. The van der Waals surface area contributed by atoms with Crippen LogP contribution in [0, 0.1) is 0 Å². The van der Waals surface area contributed by atoms with Crippen molar-refractivity contribution in [1.29, 1.82) is 0 Å². The zero-order valence-electron chi connectivity index (χ0n) is 43.0. The van der Waals surface area contributed by atoms with Gasteiger partial charge in [0.2, 0.25) is 0 Å². The van der Waals surface area contributed by atoms with E-state index in [1.807, 2.05) is 0 Å². The molecule has 0 bridgehead atoms. The molecule has 6 heteroatoms. The van der Waals surface area contributed by atoms with Crippen LogP contribution >= 0.6 is 0 Å². The quantitative estimate of drug-likeness (QED) is 0.0199. The largest absolute Gasteiger partial charge is 0.462 e. The first kappa shape index (κ1) is 62.1. The van der Waals surface area contributed by atoms with E-state index in [1.54, 1.807) is 0 Å². The second-order valence-corrected chi connectivity index (χ2v) is 18.6. The molecule has 0 aliphatic heterocycles. The van der Waals surface area contributed by atoms with Gasteiger partial charge in [0.05, 0.1) is 0 Å². The molecule has 0 saturated carbocycles. The van der Waals surface area contributed by atoms with Crippen molar-refractivity contribution in [2.45, 2.75) is 284 Å². The van der Waals surface area contributed by atoms with Gasteiger partial charge in [-0.15, -0.1) is 0 Å². The fraction of sp³-hybridized carbons (Fsp3) is 0.780. The zero-order valence-corrected chi connectivity index (χ0v) is 43.0. The van der Waals surface area contributed by atoms with E-state index in [1.165, 1.54) is 154 Å². The Morgan fingerprint density at radius 1 is 0.308 bits per heavy atom. The normalized spacial score (nSPS) is 12.5. The minimum atomic E-state index is -0.786. The highest BCUT2D eigenvalue weighted by Crippen LogP contribution is 2.15. The van der Waals surface area contributed by atoms with Crippen molar-refractivity contribution in [3.05, 3.63) is 60.8 Å². The first-order chi connectivity index (χ1) is 32.0. The van der Waals surface area contributed by atoms with Crippen molar-refractivity contribution in [3.8, 4) is 0 Å². The summed E-state index contributed by atoms with van der Waals surface area (Å²) >= 11 is 0. The summed E-state index contributed by atoms with van der Waals surface area (Å²) in [7, 11) is 0. The number of unbranched alkanes of at least 4 members (excludes halogenated alkanes) is 32. The van der Waals surface area contributed by atoms with Crippen LogP contribution in [-0.2, 0) is 28.6 Å². The summed E-state index contributed by atoms with van der Waals surface area (Å²) in [5, 5.41) is 0. The van der Waals surface area contributed by atoms with E-state index in [4.69, 9.17) is 14.2 Å². The van der Waals surface area contributed by atoms with Crippen molar-refractivity contribution >= 4 is 17.9 Å². The summed E-state index contributed by atoms with van der Waals surface area (Å²) in [6.07, 6.45) is 66.3. The maximum absolute atomic E-state index is 12.8. The fourth-order valence-corrected chi connectivity index (χ4v) is 7.86. The van der Waals surface area contributed by atoms with Crippen LogP contribution in [0.2, 0.25) is 0 Å². The molecule has 0 N–H and O–H groups in total. The number of ether oxygens (including phenoxy) is 3. The third kappa shape index (κ3) is 51.9. The topological polar surface area (TPSA) is 78.9 Å². The van der Waals surface area contributed by atoms with E-state index in [-0.39, 0.29) is 31.1 Å². The maximum Gasteiger partial charge on any atom is 0.306 e. The van der Waals surface area contributed by atoms with Gasteiger partial charge in [0.1, 0.15) is 13.2 Å². The van der Waals surface area contributed by atoms with Gasteiger partial charge in [0.25, 0.3) is 0 Å². The molecule has 0 aliphatic rings. The minimum Gasteiger partial charge on any atom is -0.462 e. The lowest BCUT2D eigenvalue weighted by molar-refractivity contribution is -0.167. The molecule has 376 valence electrons. The summed E-state index contributed by atoms with van der Waals surface area (Å²) in [6.45, 7) is 6.58. The molecule has 0 amide bonds. The smallest absolute Gasteiger partial charge is 0.306 e. The van der Waals surface area contributed by atoms with Crippen molar-refractivity contribution in [1.82, 2.24) is 0 Å². The lowest BCUT2D eigenvalue weighted by atomic mass is 10.1. The SMILES string of the molecule is CCCCC\C=C/C=C\C=C/C=C\CCCCCCCC(=O)OC(COC(=O)CCCCCCCCC/C=C\CCCCCCCCCC)COC(=O)CCCCCCCCCCCC. The second kappa shape index (κ2) is 53.7. The molecular formula is C59H104O6. The molecule has 0 aromatic carbocycles. The fourth-order valence-electron chi connectivity index (χ4n) is 7.86. The molecular weight excluding hydrogens is 805 g/mol. The van der Waals surface area contributed by atoms with Crippen LogP contribution in [0.1, 0.15) is 278 Å². The van der Waals surface area contributed by atoms with Gasteiger partial charge >= 0.3 is 17.9 Å². The first-order valence-electron chi connectivity index (χ1n) is 27.8. The van der Waals surface area contributed by atoms with Crippen LogP contribution in [0.3, 0.4) is 0 Å². The van der Waals surface area contributed by atoms with Crippen LogP contribution in [0.25, 0.3) is 0 Å². The average Bonchev–Trinajstić information content (AvgIpc) is 3.30. The Kier molecular flexibility index (Phi) is 51.3. The lowest BCUT2D eigenvalue weighted by Gasteiger charge is -2.18. The van der Waals surface area contributed by atoms with Gasteiger partial charge in [-0.1, -0.05) is 248 Å². The Labute approximate surface area is 402 Å². The van der Waals surface area contributed by atoms with Crippen LogP contribution in [0.15, 0.2) is 60.8 Å². The van der Waals surface area contributed by atoms with Crippen molar-refractivity contribution in [2.75, 3.05) is 13.2 Å². The lowest BCUT2D eigenvalue weighted by Crippen LogP contribution is -2.30. The van der Waals surface area contributed by atoms with Crippen LogP contribution in [-0.4, -0.2) is 37.2 Å². The number of allylic oxidation sites excluding steroid dienone is 10. The number of esters is 3. The van der Waals surface area contributed by atoms with E-state index in [2.05, 4.69) is 81.5 Å². The molecule has 1 unspecified atom stereocenters. The third-order valence-electron chi connectivity index (χ3n) is 12.1. The predicted octanol–water partition coefficient (Wildman–Crippen LogP) is 18.4. The Bertz CT molecular complexity index is 1180. The van der Waals surface area contributed by atoms with E-state index >= 15 is 0 Å².